The number of carbonyl (C=O) groups excluding carboxylic acids is 1. The summed E-state index contributed by atoms with van der Waals surface area (Å²) in [6.07, 6.45) is 3.85. The number of halogens is 2. The lowest BCUT2D eigenvalue weighted by atomic mass is 9.86. The van der Waals surface area contributed by atoms with Gasteiger partial charge in [0.05, 0.1) is 17.7 Å². The SMILES string of the molecule is CCOC(=O)C1C=NC2=C(Cl)N=CCC2C1Cl. The van der Waals surface area contributed by atoms with Crippen molar-refractivity contribution < 1.29 is 9.53 Å². The van der Waals surface area contributed by atoms with Crippen LogP contribution < -0.4 is 0 Å². The van der Waals surface area contributed by atoms with E-state index in [9.17, 15) is 4.79 Å². The van der Waals surface area contributed by atoms with Crippen molar-refractivity contribution in [2.45, 2.75) is 18.7 Å². The smallest absolute Gasteiger partial charge is 0.315 e. The van der Waals surface area contributed by atoms with E-state index < -0.39 is 5.92 Å². The number of esters is 1. The third-order valence-corrected chi connectivity index (χ3v) is 3.65. The lowest BCUT2D eigenvalue weighted by Gasteiger charge is -2.31. The van der Waals surface area contributed by atoms with Crippen LogP contribution in [-0.4, -0.2) is 30.4 Å². The molecule has 0 bridgehead atoms. The Labute approximate surface area is 109 Å². The summed E-state index contributed by atoms with van der Waals surface area (Å²) in [4.78, 5) is 19.9. The van der Waals surface area contributed by atoms with Crippen molar-refractivity contribution in [3.8, 4) is 0 Å². The Morgan fingerprint density at radius 2 is 2.35 bits per heavy atom. The minimum Gasteiger partial charge on any atom is -0.465 e. The van der Waals surface area contributed by atoms with Crippen molar-refractivity contribution >= 4 is 41.6 Å². The molecule has 0 aromatic rings. The largest absolute Gasteiger partial charge is 0.465 e. The number of hydrogen-bond donors (Lipinski definition) is 0. The van der Waals surface area contributed by atoms with E-state index in [1.165, 1.54) is 6.21 Å². The zero-order chi connectivity index (χ0) is 12.4. The molecular formula is C11H12Cl2N2O2. The summed E-state index contributed by atoms with van der Waals surface area (Å²) in [7, 11) is 0. The van der Waals surface area contributed by atoms with E-state index >= 15 is 0 Å². The molecule has 0 saturated heterocycles. The molecule has 17 heavy (non-hydrogen) atoms. The highest BCUT2D eigenvalue weighted by Gasteiger charge is 2.39. The van der Waals surface area contributed by atoms with Crippen LogP contribution in [0.4, 0.5) is 0 Å². The molecule has 0 spiro atoms. The molecule has 2 aliphatic heterocycles. The van der Waals surface area contributed by atoms with Gasteiger partial charge in [0.15, 0.2) is 0 Å². The first-order valence-corrected chi connectivity index (χ1v) is 6.23. The van der Waals surface area contributed by atoms with Crippen molar-refractivity contribution in [1.82, 2.24) is 0 Å². The Bertz CT molecular complexity index is 418. The monoisotopic (exact) mass is 274 g/mol. The molecule has 0 aromatic carbocycles. The maximum atomic E-state index is 11.7. The van der Waals surface area contributed by atoms with Gasteiger partial charge in [-0.15, -0.1) is 11.6 Å². The topological polar surface area (TPSA) is 51.0 Å². The van der Waals surface area contributed by atoms with Gasteiger partial charge in [0, 0.05) is 18.3 Å². The average molecular weight is 275 g/mol. The molecule has 0 amide bonds. The van der Waals surface area contributed by atoms with Crippen molar-refractivity contribution in [3.63, 3.8) is 0 Å². The van der Waals surface area contributed by atoms with Crippen LogP contribution in [0.2, 0.25) is 0 Å². The summed E-state index contributed by atoms with van der Waals surface area (Å²) >= 11 is 12.2. The average Bonchev–Trinajstić information content (AvgIpc) is 2.31. The lowest BCUT2D eigenvalue weighted by molar-refractivity contribution is -0.145. The summed E-state index contributed by atoms with van der Waals surface area (Å²) in [6.45, 7) is 2.10. The maximum absolute atomic E-state index is 11.7. The zero-order valence-corrected chi connectivity index (χ0v) is 10.8. The highest BCUT2D eigenvalue weighted by Crippen LogP contribution is 2.37. The van der Waals surface area contributed by atoms with Crippen LogP contribution in [-0.2, 0) is 9.53 Å². The molecule has 0 aliphatic carbocycles. The number of allylic oxidation sites excluding steroid dienone is 1. The van der Waals surface area contributed by atoms with Gasteiger partial charge >= 0.3 is 5.97 Å². The Morgan fingerprint density at radius 3 is 3.06 bits per heavy atom. The van der Waals surface area contributed by atoms with Gasteiger partial charge in [0.25, 0.3) is 0 Å². The van der Waals surface area contributed by atoms with Crippen LogP contribution in [0.3, 0.4) is 0 Å². The van der Waals surface area contributed by atoms with Gasteiger partial charge in [0.1, 0.15) is 11.1 Å². The summed E-state index contributed by atoms with van der Waals surface area (Å²) in [6, 6.07) is 0. The van der Waals surface area contributed by atoms with E-state index in [4.69, 9.17) is 27.9 Å². The number of rotatable bonds is 2. The van der Waals surface area contributed by atoms with Gasteiger partial charge in [-0.1, -0.05) is 11.6 Å². The van der Waals surface area contributed by atoms with Crippen LogP contribution in [0.25, 0.3) is 0 Å². The predicted octanol–water partition coefficient (Wildman–Crippen LogP) is 2.36. The number of aliphatic imine (C=N–C) groups is 2. The number of ether oxygens (including phenoxy) is 1. The van der Waals surface area contributed by atoms with Gasteiger partial charge < -0.3 is 4.74 Å². The quantitative estimate of drug-likeness (QED) is 0.441. The van der Waals surface area contributed by atoms with E-state index in [1.54, 1.807) is 13.1 Å². The fourth-order valence-corrected chi connectivity index (χ4v) is 2.58. The minimum absolute atomic E-state index is 0.0685. The molecule has 4 nitrogen and oxygen atoms in total. The maximum Gasteiger partial charge on any atom is 0.315 e. The van der Waals surface area contributed by atoms with Crippen molar-refractivity contribution in [1.29, 1.82) is 0 Å². The summed E-state index contributed by atoms with van der Waals surface area (Å²) in [5, 5.41) is -0.0347. The Kier molecular flexibility index (Phi) is 3.84. The highest BCUT2D eigenvalue weighted by molar-refractivity contribution is 6.31. The molecule has 0 fully saturated rings. The fraction of sp³-hybridized carbons (Fsp3) is 0.545. The summed E-state index contributed by atoms with van der Waals surface area (Å²) < 4.78 is 4.96. The van der Waals surface area contributed by atoms with Crippen LogP contribution in [0.15, 0.2) is 20.8 Å². The van der Waals surface area contributed by atoms with Crippen LogP contribution in [0.1, 0.15) is 13.3 Å². The number of nitrogens with zero attached hydrogens (tertiary/aromatic N) is 2. The minimum atomic E-state index is -0.513. The second kappa shape index (κ2) is 5.19. The molecule has 2 aliphatic rings. The molecule has 92 valence electrons. The molecule has 0 saturated carbocycles. The highest BCUT2D eigenvalue weighted by atomic mass is 35.5. The van der Waals surface area contributed by atoms with Crippen LogP contribution >= 0.6 is 23.2 Å². The Balaban J connectivity index is 2.24. The van der Waals surface area contributed by atoms with Gasteiger partial charge in [-0.2, -0.15) is 0 Å². The fourth-order valence-electron chi connectivity index (χ4n) is 1.93. The van der Waals surface area contributed by atoms with Crippen molar-refractivity contribution in [2.75, 3.05) is 6.61 Å². The van der Waals surface area contributed by atoms with E-state index in [1.807, 2.05) is 0 Å². The molecule has 6 heteroatoms. The summed E-state index contributed by atoms with van der Waals surface area (Å²) in [5.74, 6) is -0.920. The first-order chi connectivity index (χ1) is 8.15. The molecule has 3 unspecified atom stereocenters. The third-order valence-electron chi connectivity index (χ3n) is 2.79. The normalized spacial score (nSPS) is 31.4. The van der Waals surface area contributed by atoms with Gasteiger partial charge in [-0.25, -0.2) is 4.99 Å². The Morgan fingerprint density at radius 1 is 1.59 bits per heavy atom. The first-order valence-electron chi connectivity index (χ1n) is 5.42. The Hall–Kier alpha value is -0.870. The first kappa shape index (κ1) is 12.6. The van der Waals surface area contributed by atoms with Gasteiger partial charge in [-0.3, -0.25) is 9.79 Å². The van der Waals surface area contributed by atoms with E-state index in [-0.39, 0.29) is 17.3 Å². The van der Waals surface area contributed by atoms with Crippen LogP contribution in [0, 0.1) is 11.8 Å². The van der Waals surface area contributed by atoms with Crippen molar-refractivity contribution in [3.05, 3.63) is 10.9 Å². The number of alkyl halides is 1. The van der Waals surface area contributed by atoms with Gasteiger partial charge in [0.2, 0.25) is 0 Å². The lowest BCUT2D eigenvalue weighted by Crippen LogP contribution is -2.37. The van der Waals surface area contributed by atoms with E-state index in [2.05, 4.69) is 9.98 Å². The molecule has 0 radical (unpaired) electrons. The molecular weight excluding hydrogens is 263 g/mol. The second-order valence-corrected chi connectivity index (χ2v) is 4.69. The predicted molar refractivity (Wildman–Crippen MR) is 67.7 cm³/mol. The summed E-state index contributed by atoms with van der Waals surface area (Å²) in [5.41, 5.74) is 0.662. The van der Waals surface area contributed by atoms with Crippen molar-refractivity contribution in [2.24, 2.45) is 21.8 Å². The zero-order valence-electron chi connectivity index (χ0n) is 9.27. The van der Waals surface area contributed by atoms with E-state index in [0.717, 1.165) is 0 Å². The van der Waals surface area contributed by atoms with Gasteiger partial charge in [-0.05, 0) is 13.3 Å². The molecule has 0 N–H and O–H groups in total. The standard InChI is InChI=1S/C11H12Cl2N2O2/c1-2-17-11(16)7-5-15-9-6(8(7)12)3-4-14-10(9)13/h4-8H,2-3H2,1H3. The molecule has 2 heterocycles. The number of hydrogen-bond acceptors (Lipinski definition) is 4. The van der Waals surface area contributed by atoms with E-state index in [0.29, 0.717) is 23.9 Å². The second-order valence-electron chi connectivity index (χ2n) is 3.83. The molecule has 3 atom stereocenters. The van der Waals surface area contributed by atoms with Crippen LogP contribution in [0.5, 0.6) is 0 Å². The third kappa shape index (κ3) is 2.38. The number of fused-ring (bicyclic) bond motifs is 1. The molecule has 0 aromatic heterocycles. The number of carbonyl (C=O) groups is 1. The molecule has 2 rings (SSSR count).